The Morgan fingerprint density at radius 3 is 1.76 bits per heavy atom. The molecule has 2 N–H and O–H groups in total. The summed E-state index contributed by atoms with van der Waals surface area (Å²) in [6, 6.07) is 0. The maximum absolute atomic E-state index is 11.6. The highest BCUT2D eigenvalue weighted by Gasteiger charge is 2.51. The van der Waals surface area contributed by atoms with E-state index in [0.29, 0.717) is 0 Å². The van der Waals surface area contributed by atoms with Gasteiger partial charge in [-0.3, -0.25) is 9.59 Å². The maximum atomic E-state index is 11.6. The Morgan fingerprint density at radius 2 is 1.29 bits per heavy atom. The average Bonchev–Trinajstić information content (AvgIpc) is 2.86. The summed E-state index contributed by atoms with van der Waals surface area (Å²) in [6.07, 6.45) is 2.49. The molecule has 2 bridgehead atoms. The lowest BCUT2D eigenvalue weighted by Crippen LogP contribution is -2.45. The van der Waals surface area contributed by atoms with Crippen molar-refractivity contribution in [1.82, 2.24) is 10.9 Å². The van der Waals surface area contributed by atoms with Crippen LogP contribution in [0.25, 0.3) is 0 Å². The third-order valence-corrected chi connectivity index (χ3v) is 4.38. The fourth-order valence-corrected chi connectivity index (χ4v) is 3.61. The number of amides is 2. The van der Waals surface area contributed by atoms with Crippen LogP contribution in [0.5, 0.6) is 0 Å². The number of carbonyl (C=O) groups is 2. The van der Waals surface area contributed by atoms with Gasteiger partial charge in [0.05, 0.1) is 23.3 Å². The standard InChI is InChI=1S/C11H12N4O2/c16-10-6-2-4-1-5(9(6)13-14-10)3-7-8(4)12-15-11(7)17/h4-7H,1-3H2,(H,14,16)(H,15,17)/t4-,5-,6-,7-/m0/s1. The van der Waals surface area contributed by atoms with E-state index < -0.39 is 0 Å². The Hall–Kier alpha value is -1.72. The van der Waals surface area contributed by atoms with E-state index in [1.807, 2.05) is 0 Å². The zero-order valence-electron chi connectivity index (χ0n) is 9.14. The Balaban J connectivity index is 1.73. The summed E-state index contributed by atoms with van der Waals surface area (Å²) in [5.41, 5.74) is 7.05. The van der Waals surface area contributed by atoms with Gasteiger partial charge in [0.1, 0.15) is 0 Å². The largest absolute Gasteiger partial charge is 0.272 e. The van der Waals surface area contributed by atoms with Crippen LogP contribution < -0.4 is 10.9 Å². The molecule has 0 unspecified atom stereocenters. The van der Waals surface area contributed by atoms with Crippen LogP contribution >= 0.6 is 0 Å². The van der Waals surface area contributed by atoms with Crippen molar-refractivity contribution in [1.29, 1.82) is 0 Å². The third-order valence-electron chi connectivity index (χ3n) is 4.38. The van der Waals surface area contributed by atoms with Crippen LogP contribution in [0.3, 0.4) is 0 Å². The van der Waals surface area contributed by atoms with E-state index in [9.17, 15) is 9.59 Å². The van der Waals surface area contributed by atoms with Crippen molar-refractivity contribution in [2.24, 2.45) is 33.9 Å². The van der Waals surface area contributed by atoms with Gasteiger partial charge in [0.25, 0.3) is 0 Å². The van der Waals surface area contributed by atoms with Gasteiger partial charge in [-0.2, -0.15) is 10.2 Å². The SMILES string of the molecule is O=C1NN=C2[C@H]3C[C@@H](C[C@H]12)C1=NNC(=O)[C@H]1C3. The topological polar surface area (TPSA) is 82.9 Å². The van der Waals surface area contributed by atoms with E-state index in [0.717, 1.165) is 30.7 Å². The van der Waals surface area contributed by atoms with Crippen molar-refractivity contribution in [2.75, 3.05) is 0 Å². The predicted octanol–water partition coefficient (Wildman–Crippen LogP) is -0.380. The lowest BCUT2D eigenvalue weighted by atomic mass is 9.63. The minimum Gasteiger partial charge on any atom is -0.272 e. The van der Waals surface area contributed by atoms with Gasteiger partial charge in [0.15, 0.2) is 0 Å². The lowest BCUT2D eigenvalue weighted by Gasteiger charge is -2.38. The number of hydrogen-bond donors (Lipinski definition) is 2. The molecule has 2 amide bonds. The summed E-state index contributed by atoms with van der Waals surface area (Å²) < 4.78 is 0. The molecule has 4 aliphatic rings. The molecule has 2 fully saturated rings. The monoisotopic (exact) mass is 232 g/mol. The molecule has 0 radical (unpaired) electrons. The molecular weight excluding hydrogens is 220 g/mol. The molecule has 17 heavy (non-hydrogen) atoms. The second-order valence-electron chi connectivity index (χ2n) is 5.23. The van der Waals surface area contributed by atoms with Gasteiger partial charge in [0.2, 0.25) is 11.8 Å². The molecule has 2 saturated carbocycles. The summed E-state index contributed by atoms with van der Waals surface area (Å²) >= 11 is 0. The van der Waals surface area contributed by atoms with E-state index in [1.165, 1.54) is 0 Å². The van der Waals surface area contributed by atoms with Crippen molar-refractivity contribution < 1.29 is 9.59 Å². The summed E-state index contributed by atoms with van der Waals surface area (Å²) in [5.74, 6) is 0.379. The molecule has 0 aromatic rings. The van der Waals surface area contributed by atoms with Gasteiger partial charge < -0.3 is 0 Å². The molecule has 6 heteroatoms. The van der Waals surface area contributed by atoms with Crippen molar-refractivity contribution in [3.8, 4) is 0 Å². The summed E-state index contributed by atoms with van der Waals surface area (Å²) in [6.45, 7) is 0. The normalized spacial score (nSPS) is 42.1. The summed E-state index contributed by atoms with van der Waals surface area (Å²) in [7, 11) is 0. The zero-order chi connectivity index (χ0) is 11.6. The number of fused-ring (bicyclic) bond motifs is 6. The van der Waals surface area contributed by atoms with Crippen LogP contribution in [0.1, 0.15) is 19.3 Å². The number of carbonyl (C=O) groups excluding carboxylic acids is 2. The minimum atomic E-state index is -0.0851. The van der Waals surface area contributed by atoms with E-state index in [4.69, 9.17) is 0 Å². The predicted molar refractivity (Wildman–Crippen MR) is 59.0 cm³/mol. The first kappa shape index (κ1) is 9.32. The van der Waals surface area contributed by atoms with E-state index in [1.54, 1.807) is 0 Å². The first-order valence-corrected chi connectivity index (χ1v) is 5.98. The van der Waals surface area contributed by atoms with Crippen molar-refractivity contribution in [3.05, 3.63) is 0 Å². The number of rotatable bonds is 0. The molecule has 2 aliphatic heterocycles. The van der Waals surface area contributed by atoms with Gasteiger partial charge in [-0.1, -0.05) is 0 Å². The zero-order valence-corrected chi connectivity index (χ0v) is 9.14. The van der Waals surface area contributed by atoms with Crippen LogP contribution in [0.15, 0.2) is 10.2 Å². The molecule has 6 nitrogen and oxygen atoms in total. The second kappa shape index (κ2) is 2.94. The van der Waals surface area contributed by atoms with Gasteiger partial charge >= 0.3 is 0 Å². The van der Waals surface area contributed by atoms with Gasteiger partial charge in [-0.05, 0) is 19.3 Å². The van der Waals surface area contributed by atoms with E-state index in [-0.39, 0.29) is 35.5 Å². The highest BCUT2D eigenvalue weighted by Crippen LogP contribution is 2.44. The Morgan fingerprint density at radius 1 is 0.824 bits per heavy atom. The van der Waals surface area contributed by atoms with E-state index in [2.05, 4.69) is 21.1 Å². The highest BCUT2D eigenvalue weighted by molar-refractivity contribution is 6.15. The van der Waals surface area contributed by atoms with Crippen molar-refractivity contribution in [2.45, 2.75) is 19.3 Å². The van der Waals surface area contributed by atoms with Crippen LogP contribution in [-0.4, -0.2) is 23.2 Å². The maximum Gasteiger partial charge on any atom is 0.248 e. The van der Waals surface area contributed by atoms with Crippen LogP contribution in [0.4, 0.5) is 0 Å². The third kappa shape index (κ3) is 1.10. The van der Waals surface area contributed by atoms with Gasteiger partial charge in [0, 0.05) is 11.8 Å². The average molecular weight is 232 g/mol. The Bertz CT molecular complexity index is 452. The fraction of sp³-hybridized carbons (Fsp3) is 0.636. The summed E-state index contributed by atoms with van der Waals surface area (Å²) in [5, 5.41) is 8.29. The number of nitrogens with one attached hydrogen (secondary N) is 2. The first-order valence-electron chi connectivity index (χ1n) is 5.98. The van der Waals surface area contributed by atoms with Crippen LogP contribution in [0, 0.1) is 23.7 Å². The molecule has 88 valence electrons. The summed E-state index contributed by atoms with van der Waals surface area (Å²) in [4.78, 5) is 23.3. The van der Waals surface area contributed by atoms with Gasteiger partial charge in [-0.25, -0.2) is 10.9 Å². The van der Waals surface area contributed by atoms with Gasteiger partial charge in [-0.15, -0.1) is 0 Å². The molecule has 4 rings (SSSR count). The number of hydrogen-bond acceptors (Lipinski definition) is 4. The minimum absolute atomic E-state index is 0.00559. The quantitative estimate of drug-likeness (QED) is 0.596. The molecule has 2 aliphatic carbocycles. The van der Waals surface area contributed by atoms with Crippen molar-refractivity contribution >= 4 is 23.2 Å². The van der Waals surface area contributed by atoms with Crippen LogP contribution in [-0.2, 0) is 9.59 Å². The van der Waals surface area contributed by atoms with E-state index >= 15 is 0 Å². The fourth-order valence-electron chi connectivity index (χ4n) is 3.61. The first-order chi connectivity index (χ1) is 8.24. The Kier molecular flexibility index (Phi) is 1.61. The van der Waals surface area contributed by atoms with Crippen LogP contribution in [0.2, 0.25) is 0 Å². The molecule has 0 spiro atoms. The highest BCUT2D eigenvalue weighted by atomic mass is 16.2. The van der Waals surface area contributed by atoms with Crippen molar-refractivity contribution in [3.63, 3.8) is 0 Å². The number of hydrazone groups is 2. The molecule has 0 aromatic carbocycles. The molecule has 2 heterocycles. The molecule has 4 atom stereocenters. The molecule has 0 aromatic heterocycles. The lowest BCUT2D eigenvalue weighted by molar-refractivity contribution is -0.122. The second-order valence-corrected chi connectivity index (χ2v) is 5.23. The Labute approximate surface area is 97.5 Å². The number of nitrogens with zero attached hydrogens (tertiary/aromatic N) is 2. The smallest absolute Gasteiger partial charge is 0.248 e. The molecular formula is C11H12N4O2. The molecule has 0 saturated heterocycles.